The third-order valence-electron chi connectivity index (χ3n) is 3.39. The summed E-state index contributed by atoms with van der Waals surface area (Å²) in [5, 5.41) is 1.92. The zero-order valence-electron chi connectivity index (χ0n) is 12.4. The van der Waals surface area contributed by atoms with E-state index in [2.05, 4.69) is 4.98 Å². The van der Waals surface area contributed by atoms with E-state index in [0.717, 1.165) is 10.9 Å². The maximum atomic E-state index is 12.6. The van der Waals surface area contributed by atoms with Crippen molar-refractivity contribution in [1.29, 1.82) is 0 Å². The largest absolute Gasteiger partial charge is 0.471 e. The Balaban J connectivity index is 1.51. The van der Waals surface area contributed by atoms with Crippen LogP contribution in [0.3, 0.4) is 0 Å². The minimum absolute atomic E-state index is 0.0870. The molecule has 3 rings (SSSR count). The summed E-state index contributed by atoms with van der Waals surface area (Å²) in [7, 11) is 0. The summed E-state index contributed by atoms with van der Waals surface area (Å²) in [4.78, 5) is 17.9. The number of aromatic nitrogens is 1. The fraction of sp³-hybridized carbons (Fsp3) is 0.250. The van der Waals surface area contributed by atoms with Crippen molar-refractivity contribution in [2.45, 2.75) is 12.3 Å². The standard InChI is InChI=1S/C16H13F3N2O2S/c17-16(18,19)13-4-1-5-14(20-13)23-11-9-21(10-11)15(22)7-6-12-3-2-8-24-12/h1-8,11H,9-10H2. The van der Waals surface area contributed by atoms with E-state index in [4.69, 9.17) is 4.74 Å². The highest BCUT2D eigenvalue weighted by atomic mass is 32.1. The van der Waals surface area contributed by atoms with Gasteiger partial charge in [-0.2, -0.15) is 13.2 Å². The van der Waals surface area contributed by atoms with Gasteiger partial charge in [-0.05, 0) is 23.6 Å². The first-order valence-electron chi connectivity index (χ1n) is 7.13. The summed E-state index contributed by atoms with van der Waals surface area (Å²) in [5.74, 6) is -0.240. The molecular formula is C16H13F3N2O2S. The summed E-state index contributed by atoms with van der Waals surface area (Å²) >= 11 is 1.53. The third-order valence-corrected chi connectivity index (χ3v) is 4.23. The van der Waals surface area contributed by atoms with Crippen molar-refractivity contribution in [2.75, 3.05) is 13.1 Å². The summed E-state index contributed by atoms with van der Waals surface area (Å²) < 4.78 is 43.2. The number of amides is 1. The van der Waals surface area contributed by atoms with E-state index in [9.17, 15) is 18.0 Å². The van der Waals surface area contributed by atoms with Crippen molar-refractivity contribution in [3.63, 3.8) is 0 Å². The number of ether oxygens (including phenoxy) is 1. The molecule has 0 N–H and O–H groups in total. The average molecular weight is 354 g/mol. The van der Waals surface area contributed by atoms with Crippen molar-refractivity contribution < 1.29 is 22.7 Å². The van der Waals surface area contributed by atoms with Gasteiger partial charge in [0.25, 0.3) is 0 Å². The Hall–Kier alpha value is -2.35. The highest BCUT2D eigenvalue weighted by Crippen LogP contribution is 2.29. The Kier molecular flexibility index (Phi) is 4.57. The van der Waals surface area contributed by atoms with Crippen LogP contribution in [0.5, 0.6) is 5.88 Å². The fourth-order valence-corrected chi connectivity index (χ4v) is 2.76. The van der Waals surface area contributed by atoms with E-state index in [1.165, 1.54) is 29.5 Å². The normalized spacial score (nSPS) is 15.5. The monoisotopic (exact) mass is 354 g/mol. The topological polar surface area (TPSA) is 42.4 Å². The number of carbonyl (C=O) groups is 1. The molecule has 2 aromatic rings. The third kappa shape index (κ3) is 3.94. The molecule has 126 valence electrons. The van der Waals surface area contributed by atoms with Crippen LogP contribution < -0.4 is 4.74 Å². The first-order valence-corrected chi connectivity index (χ1v) is 8.01. The number of likely N-dealkylation sites (tertiary alicyclic amines) is 1. The smallest absolute Gasteiger partial charge is 0.433 e. The molecule has 0 atom stereocenters. The Morgan fingerprint density at radius 2 is 2.08 bits per heavy atom. The molecule has 2 aromatic heterocycles. The van der Waals surface area contributed by atoms with E-state index in [-0.39, 0.29) is 17.9 Å². The van der Waals surface area contributed by atoms with E-state index >= 15 is 0 Å². The summed E-state index contributed by atoms with van der Waals surface area (Å²) in [6, 6.07) is 7.30. The van der Waals surface area contributed by atoms with Crippen LogP contribution in [0.4, 0.5) is 13.2 Å². The van der Waals surface area contributed by atoms with Crippen LogP contribution >= 0.6 is 11.3 Å². The highest BCUT2D eigenvalue weighted by Gasteiger charge is 2.34. The first-order chi connectivity index (χ1) is 11.4. The molecule has 0 bridgehead atoms. The van der Waals surface area contributed by atoms with Gasteiger partial charge in [0, 0.05) is 17.0 Å². The minimum atomic E-state index is -4.51. The molecule has 4 nitrogen and oxygen atoms in total. The first kappa shape index (κ1) is 16.5. The lowest BCUT2D eigenvalue weighted by Crippen LogP contribution is -2.55. The van der Waals surface area contributed by atoms with Crippen LogP contribution in [-0.2, 0) is 11.0 Å². The van der Waals surface area contributed by atoms with Crippen LogP contribution in [0.2, 0.25) is 0 Å². The second-order valence-electron chi connectivity index (χ2n) is 5.19. The molecule has 0 aliphatic carbocycles. The molecule has 3 heterocycles. The maximum absolute atomic E-state index is 12.6. The van der Waals surface area contributed by atoms with E-state index in [0.29, 0.717) is 13.1 Å². The Morgan fingerprint density at radius 3 is 2.75 bits per heavy atom. The van der Waals surface area contributed by atoms with Crippen molar-refractivity contribution in [1.82, 2.24) is 9.88 Å². The van der Waals surface area contributed by atoms with Gasteiger partial charge in [0.2, 0.25) is 11.8 Å². The van der Waals surface area contributed by atoms with E-state index in [1.54, 1.807) is 11.0 Å². The predicted molar refractivity (Wildman–Crippen MR) is 83.6 cm³/mol. The molecule has 0 unspecified atom stereocenters. The van der Waals surface area contributed by atoms with Gasteiger partial charge in [0.05, 0.1) is 13.1 Å². The van der Waals surface area contributed by atoms with Gasteiger partial charge in [0.15, 0.2) is 0 Å². The fourth-order valence-electron chi connectivity index (χ4n) is 2.15. The second-order valence-corrected chi connectivity index (χ2v) is 6.17. The molecule has 0 aromatic carbocycles. The molecule has 0 saturated carbocycles. The number of nitrogens with zero attached hydrogens (tertiary/aromatic N) is 2. The number of hydrogen-bond donors (Lipinski definition) is 0. The van der Waals surface area contributed by atoms with Crippen molar-refractivity contribution in [3.8, 4) is 5.88 Å². The van der Waals surface area contributed by atoms with E-state index < -0.39 is 11.9 Å². The highest BCUT2D eigenvalue weighted by molar-refractivity contribution is 7.10. The number of carbonyl (C=O) groups excluding carboxylic acids is 1. The quantitative estimate of drug-likeness (QED) is 0.790. The molecule has 1 aliphatic rings. The molecular weight excluding hydrogens is 341 g/mol. The zero-order valence-corrected chi connectivity index (χ0v) is 13.2. The molecule has 24 heavy (non-hydrogen) atoms. The van der Waals surface area contributed by atoms with Gasteiger partial charge in [-0.15, -0.1) is 11.3 Å². The number of alkyl halides is 3. The zero-order chi connectivity index (χ0) is 17.2. The van der Waals surface area contributed by atoms with Gasteiger partial charge < -0.3 is 9.64 Å². The lowest BCUT2D eigenvalue weighted by molar-refractivity contribution is -0.141. The lowest BCUT2D eigenvalue weighted by Gasteiger charge is -2.38. The van der Waals surface area contributed by atoms with Crippen molar-refractivity contribution >= 4 is 23.3 Å². The van der Waals surface area contributed by atoms with Crippen LogP contribution in [0, 0.1) is 0 Å². The predicted octanol–water partition coefficient (Wildman–Crippen LogP) is 3.46. The van der Waals surface area contributed by atoms with Gasteiger partial charge in [-0.3, -0.25) is 4.79 Å². The molecule has 1 saturated heterocycles. The SMILES string of the molecule is O=C(C=Cc1cccs1)N1CC(Oc2cccc(C(F)(F)F)n2)C1. The Bertz CT molecular complexity index is 738. The second kappa shape index (κ2) is 6.64. The Labute approximate surface area is 140 Å². The average Bonchev–Trinajstić information content (AvgIpc) is 3.01. The van der Waals surface area contributed by atoms with Crippen LogP contribution in [0.25, 0.3) is 6.08 Å². The van der Waals surface area contributed by atoms with Crippen LogP contribution in [0.1, 0.15) is 10.6 Å². The van der Waals surface area contributed by atoms with E-state index in [1.807, 2.05) is 17.5 Å². The molecule has 1 fully saturated rings. The number of pyridine rings is 1. The van der Waals surface area contributed by atoms with Gasteiger partial charge in [-0.1, -0.05) is 12.1 Å². The molecule has 8 heteroatoms. The van der Waals surface area contributed by atoms with Crippen LogP contribution in [-0.4, -0.2) is 35.0 Å². The lowest BCUT2D eigenvalue weighted by atomic mass is 10.1. The number of rotatable bonds is 4. The Morgan fingerprint density at radius 1 is 1.29 bits per heavy atom. The van der Waals surface area contributed by atoms with Crippen molar-refractivity contribution in [3.05, 3.63) is 52.4 Å². The number of hydrogen-bond acceptors (Lipinski definition) is 4. The number of thiophene rings is 1. The number of halogens is 3. The molecule has 0 spiro atoms. The van der Waals surface area contributed by atoms with Crippen LogP contribution in [0.15, 0.2) is 41.8 Å². The summed E-state index contributed by atoms with van der Waals surface area (Å²) in [6.07, 6.45) is -1.65. The molecule has 0 radical (unpaired) electrons. The minimum Gasteiger partial charge on any atom is -0.471 e. The van der Waals surface area contributed by atoms with Crippen molar-refractivity contribution in [2.24, 2.45) is 0 Å². The maximum Gasteiger partial charge on any atom is 0.433 e. The summed E-state index contributed by atoms with van der Waals surface area (Å²) in [5.41, 5.74) is -0.994. The van der Waals surface area contributed by atoms with Gasteiger partial charge >= 0.3 is 6.18 Å². The van der Waals surface area contributed by atoms with Gasteiger partial charge in [0.1, 0.15) is 11.8 Å². The molecule has 1 amide bonds. The molecule has 1 aliphatic heterocycles. The van der Waals surface area contributed by atoms with Gasteiger partial charge in [-0.25, -0.2) is 4.98 Å². The summed E-state index contributed by atoms with van der Waals surface area (Å²) in [6.45, 7) is 0.650.